The monoisotopic (exact) mass is 811 g/mol. The van der Waals surface area contributed by atoms with Crippen LogP contribution in [-0.4, -0.2) is 97.0 Å². The van der Waals surface area contributed by atoms with Gasteiger partial charge in [-0.2, -0.15) is 0 Å². The maximum atomic E-state index is 13.6. The highest BCUT2D eigenvalue weighted by atomic mass is 16.6. The van der Waals surface area contributed by atoms with Crippen LogP contribution in [0.5, 0.6) is 0 Å². The van der Waals surface area contributed by atoms with E-state index in [0.717, 1.165) is 11.1 Å². The van der Waals surface area contributed by atoms with Gasteiger partial charge in [0, 0.05) is 6.42 Å². The predicted octanol–water partition coefficient (Wildman–Crippen LogP) is 0.858. The van der Waals surface area contributed by atoms with E-state index in [9.17, 15) is 38.4 Å². The van der Waals surface area contributed by atoms with Gasteiger partial charge in [-0.1, -0.05) is 74.5 Å². The number of carbonyl (C=O) groups excluding carboxylic acids is 8. The van der Waals surface area contributed by atoms with E-state index in [4.69, 9.17) is 19.9 Å². The van der Waals surface area contributed by atoms with E-state index in [1.54, 1.807) is 69.3 Å². The molecule has 0 heterocycles. The molecule has 0 aromatic heterocycles. The Hall–Kier alpha value is -6.04. The fraction of sp³-hybridized carbons (Fsp3) is 0.500. The van der Waals surface area contributed by atoms with Crippen molar-refractivity contribution >= 4 is 47.5 Å². The molecule has 0 spiro atoms. The van der Waals surface area contributed by atoms with Gasteiger partial charge in [0.05, 0.1) is 19.8 Å². The summed E-state index contributed by atoms with van der Waals surface area (Å²) in [6, 6.07) is 12.9. The van der Waals surface area contributed by atoms with E-state index >= 15 is 0 Å². The molecular formula is C40H57N7O11. The van der Waals surface area contributed by atoms with Gasteiger partial charge in [-0.3, -0.25) is 33.6 Å². The molecule has 0 saturated carbocycles. The molecule has 0 aliphatic carbocycles. The molecule has 2 rings (SSSR count). The zero-order valence-electron chi connectivity index (χ0n) is 33.9. The minimum absolute atomic E-state index is 0.0232. The van der Waals surface area contributed by atoms with Crippen molar-refractivity contribution < 1.29 is 52.6 Å². The van der Waals surface area contributed by atoms with Crippen LogP contribution in [0.15, 0.2) is 60.7 Å². The van der Waals surface area contributed by atoms with Gasteiger partial charge in [0.1, 0.15) is 42.9 Å². The number of alkyl carbamates (subject to hydrolysis) is 1. The number of benzene rings is 2. The number of nitrogens with one attached hydrogen (secondary N) is 6. The minimum atomic E-state index is -1.41. The van der Waals surface area contributed by atoms with Gasteiger partial charge in [0.25, 0.3) is 0 Å². The quantitative estimate of drug-likeness (QED) is 0.0774. The fourth-order valence-corrected chi connectivity index (χ4v) is 5.04. The van der Waals surface area contributed by atoms with Gasteiger partial charge in [0.2, 0.25) is 35.4 Å². The van der Waals surface area contributed by atoms with E-state index in [1.165, 1.54) is 6.92 Å². The van der Waals surface area contributed by atoms with E-state index in [1.807, 2.05) is 26.0 Å². The van der Waals surface area contributed by atoms with Crippen LogP contribution in [0.1, 0.15) is 71.9 Å². The normalized spacial score (nSPS) is 13.1. The van der Waals surface area contributed by atoms with Crippen molar-refractivity contribution in [3.05, 3.63) is 71.8 Å². The molecule has 7 amide bonds. The van der Waals surface area contributed by atoms with Crippen LogP contribution in [0.2, 0.25) is 0 Å². The zero-order valence-corrected chi connectivity index (χ0v) is 33.9. The Morgan fingerprint density at radius 3 is 1.78 bits per heavy atom. The number of hydrogen-bond acceptors (Lipinski definition) is 11. The highest BCUT2D eigenvalue weighted by Crippen LogP contribution is 2.08. The van der Waals surface area contributed by atoms with Crippen molar-refractivity contribution in [2.45, 2.75) is 104 Å². The summed E-state index contributed by atoms with van der Waals surface area (Å²) in [5.41, 5.74) is 6.01. The summed E-state index contributed by atoms with van der Waals surface area (Å²) in [5.74, 6) is -5.38. The first kappa shape index (κ1) is 48.1. The molecule has 0 unspecified atom stereocenters. The Balaban J connectivity index is 2.11. The summed E-state index contributed by atoms with van der Waals surface area (Å²) in [4.78, 5) is 102. The molecule has 0 fully saturated rings. The van der Waals surface area contributed by atoms with Crippen molar-refractivity contribution in [1.29, 1.82) is 0 Å². The summed E-state index contributed by atoms with van der Waals surface area (Å²) in [6.45, 7) is 8.62. The Bertz CT molecular complexity index is 1680. The second-order valence-electron chi connectivity index (χ2n) is 14.8. The molecule has 0 aliphatic heterocycles. The van der Waals surface area contributed by atoms with E-state index in [2.05, 4.69) is 31.9 Å². The van der Waals surface area contributed by atoms with Crippen LogP contribution in [0.25, 0.3) is 0 Å². The molecule has 58 heavy (non-hydrogen) atoms. The number of hydrogen-bond donors (Lipinski definition) is 7. The lowest BCUT2D eigenvalue weighted by Crippen LogP contribution is -2.58. The summed E-state index contributed by atoms with van der Waals surface area (Å²) in [6.07, 6.45) is -1.23. The highest BCUT2D eigenvalue weighted by Gasteiger charge is 2.30. The average molecular weight is 812 g/mol. The molecule has 318 valence electrons. The standard InChI is InChI=1S/C40H57N7O11/c1-25(2)19-30(36(52)43-21-34(50)57-23-28-15-11-8-12-16-28)45-33(49)20-42-37(53)31(24-56-22-27-13-9-7-10-14-27)47-38(54)29(17-18-32(41)48)46-35(51)26(3)44-39(55)58-40(4,5)6/h7-16,25-26,29-31H,17-24H2,1-6H3,(H2,41,48)(H,42,53)(H,43,52)(H,44,55)(H,45,49)(H,46,51)(H,47,54)/t26-,29-,30-,31-/m0/s1. The average Bonchev–Trinajstić information content (AvgIpc) is 3.15. The number of amides is 7. The lowest BCUT2D eigenvalue weighted by atomic mass is 10.0. The number of nitrogens with two attached hydrogens (primary N) is 1. The SMILES string of the molecule is CC(C)C[C@H](NC(=O)CNC(=O)[C@H](COCc1ccccc1)NC(=O)[C@H](CCC(N)=O)NC(=O)[C@H](C)NC(=O)OC(C)(C)C)C(=O)NCC(=O)OCc1ccccc1. The van der Waals surface area contributed by atoms with E-state index in [-0.39, 0.29) is 45.0 Å². The molecule has 0 saturated heterocycles. The number of esters is 1. The molecule has 8 N–H and O–H groups in total. The zero-order chi connectivity index (χ0) is 43.3. The maximum Gasteiger partial charge on any atom is 0.408 e. The third-order valence-corrected chi connectivity index (χ3v) is 7.90. The smallest absolute Gasteiger partial charge is 0.408 e. The number of carbonyl (C=O) groups is 8. The van der Waals surface area contributed by atoms with E-state index in [0.29, 0.717) is 0 Å². The van der Waals surface area contributed by atoms with Crippen molar-refractivity contribution in [3.63, 3.8) is 0 Å². The lowest BCUT2D eigenvalue weighted by Gasteiger charge is -2.25. The first-order valence-electron chi connectivity index (χ1n) is 18.9. The second-order valence-corrected chi connectivity index (χ2v) is 14.8. The molecular weight excluding hydrogens is 754 g/mol. The third kappa shape index (κ3) is 20.2. The largest absolute Gasteiger partial charge is 0.460 e. The maximum absolute atomic E-state index is 13.6. The molecule has 0 radical (unpaired) electrons. The summed E-state index contributed by atoms with van der Waals surface area (Å²) >= 11 is 0. The van der Waals surface area contributed by atoms with Crippen molar-refractivity contribution in [2.75, 3.05) is 19.7 Å². The van der Waals surface area contributed by atoms with Crippen molar-refractivity contribution in [3.8, 4) is 0 Å². The summed E-state index contributed by atoms with van der Waals surface area (Å²) in [5, 5.41) is 14.8. The number of ether oxygens (including phenoxy) is 3. The van der Waals surface area contributed by atoms with E-state index < -0.39 is 90.4 Å². The predicted molar refractivity (Wildman–Crippen MR) is 211 cm³/mol. The number of rotatable bonds is 23. The Kier molecular flexibility index (Phi) is 20.4. The summed E-state index contributed by atoms with van der Waals surface area (Å²) < 4.78 is 16.1. The van der Waals surface area contributed by atoms with Gasteiger partial charge in [0.15, 0.2) is 0 Å². The van der Waals surface area contributed by atoms with Gasteiger partial charge < -0.3 is 51.8 Å². The molecule has 18 heteroatoms. The molecule has 0 aliphatic rings. The Morgan fingerprint density at radius 2 is 1.21 bits per heavy atom. The third-order valence-electron chi connectivity index (χ3n) is 7.90. The molecule has 2 aromatic carbocycles. The first-order chi connectivity index (χ1) is 27.3. The van der Waals surface area contributed by atoms with Crippen LogP contribution in [0.3, 0.4) is 0 Å². The second kappa shape index (κ2) is 24.6. The lowest BCUT2D eigenvalue weighted by molar-refractivity contribution is -0.145. The molecule has 0 bridgehead atoms. The molecule has 4 atom stereocenters. The van der Waals surface area contributed by atoms with Crippen LogP contribution in [0, 0.1) is 5.92 Å². The van der Waals surface area contributed by atoms with Crippen molar-refractivity contribution in [2.24, 2.45) is 11.7 Å². The number of primary amides is 1. The molecule has 2 aromatic rings. The van der Waals surface area contributed by atoms with Gasteiger partial charge >= 0.3 is 12.1 Å². The summed E-state index contributed by atoms with van der Waals surface area (Å²) in [7, 11) is 0. The highest BCUT2D eigenvalue weighted by molar-refractivity contribution is 5.95. The van der Waals surface area contributed by atoms with Gasteiger partial charge in [-0.25, -0.2) is 4.79 Å². The minimum Gasteiger partial charge on any atom is -0.460 e. The topological polar surface area (TPSA) is 262 Å². The molecule has 18 nitrogen and oxygen atoms in total. The van der Waals surface area contributed by atoms with Gasteiger partial charge in [-0.05, 0) is 57.6 Å². The van der Waals surface area contributed by atoms with Crippen LogP contribution in [0.4, 0.5) is 4.79 Å². The fourth-order valence-electron chi connectivity index (χ4n) is 5.04. The van der Waals surface area contributed by atoms with Crippen molar-refractivity contribution in [1.82, 2.24) is 31.9 Å². The Morgan fingerprint density at radius 1 is 0.655 bits per heavy atom. The van der Waals surface area contributed by atoms with Crippen LogP contribution in [-0.2, 0) is 61.0 Å². The van der Waals surface area contributed by atoms with Crippen LogP contribution >= 0.6 is 0 Å². The van der Waals surface area contributed by atoms with Gasteiger partial charge in [-0.15, -0.1) is 0 Å². The first-order valence-corrected chi connectivity index (χ1v) is 18.9. The Labute approximate surface area is 338 Å². The van der Waals surface area contributed by atoms with Crippen LogP contribution < -0.4 is 37.6 Å².